The Balaban J connectivity index is 1.10. The minimum atomic E-state index is -0.377. The topological polar surface area (TPSA) is 70.3 Å². The summed E-state index contributed by atoms with van der Waals surface area (Å²) in [5.41, 5.74) is 16.8. The van der Waals surface area contributed by atoms with Crippen LogP contribution in [0.15, 0.2) is 219 Å². The number of nitrogens with zero attached hydrogens (tertiary/aromatic N) is 6. The van der Waals surface area contributed by atoms with Gasteiger partial charge in [-0.25, -0.2) is 9.97 Å². The van der Waals surface area contributed by atoms with Crippen LogP contribution >= 0.6 is 0 Å². The van der Waals surface area contributed by atoms with E-state index in [0.29, 0.717) is 26.2 Å². The normalized spacial score (nSPS) is 17.3. The van der Waals surface area contributed by atoms with E-state index in [4.69, 9.17) is 35.7 Å². The molecule has 3 aromatic heterocycles. The number of nitrogens with one attached hydrogen (secondary N) is 2. The number of allylic oxidation sites excluding steroid dienone is 8. The third-order valence-electron chi connectivity index (χ3n) is 16.1. The molecule has 7 aromatic rings. The molecule has 0 aliphatic carbocycles. The van der Waals surface area contributed by atoms with Gasteiger partial charge < -0.3 is 29.6 Å². The molecule has 0 spiro atoms. The van der Waals surface area contributed by atoms with Gasteiger partial charge in [-0.1, -0.05) is 144 Å². The largest absolute Gasteiger partial charge is 0.354 e. The molecule has 4 aromatic carbocycles. The fourth-order valence-electron chi connectivity index (χ4n) is 11.7. The summed E-state index contributed by atoms with van der Waals surface area (Å²) in [6, 6.07) is 46.9. The zero-order valence-electron chi connectivity index (χ0n) is 50.2. The van der Waals surface area contributed by atoms with Crippen molar-refractivity contribution in [1.82, 2.24) is 39.5 Å². The molecule has 0 radical (unpaired) electrons. The molecule has 4 unspecified atom stereocenters. The van der Waals surface area contributed by atoms with Crippen molar-refractivity contribution in [3.05, 3.63) is 286 Å². The van der Waals surface area contributed by atoms with Crippen molar-refractivity contribution in [3.63, 3.8) is 0 Å². The number of H-pyrrole nitrogens is 2. The highest BCUT2D eigenvalue weighted by molar-refractivity contribution is 6.00. The Morgan fingerprint density at radius 2 is 0.533 bits per heavy atom. The molecule has 0 saturated carbocycles. The van der Waals surface area contributed by atoms with Gasteiger partial charge in [0.2, 0.25) is 0 Å². The fourth-order valence-corrected chi connectivity index (χ4v) is 11.7. The summed E-state index contributed by atoms with van der Waals surface area (Å²) in [6.07, 6.45) is 57.7. The van der Waals surface area contributed by atoms with Crippen molar-refractivity contribution in [2.45, 2.75) is 24.2 Å². The van der Waals surface area contributed by atoms with Gasteiger partial charge in [-0.2, -0.15) is 0 Å². The molecule has 6 aliphatic rings. The second-order valence-electron chi connectivity index (χ2n) is 22.1. The SMILES string of the molecule is C#CCN1C=CC(c2c3nc(c(C4=CC(C#Cc5ccccc5)N(CC#C)C=C4)c4ccc([nH]4)c(C4=CC(C#Cc5ccccc5)N(CC#C)C=C4)c4nc(c(C5=CC(C#Cc6ccccc6)N(CC#C)C=C5)c5ccc2[nH]5)C=C4)C=C3)=CC1C#Cc1ccccc1. The Bertz CT molecular complexity index is 4410. The van der Waals surface area contributed by atoms with Gasteiger partial charge in [0.15, 0.2) is 0 Å². The summed E-state index contributed by atoms with van der Waals surface area (Å²) in [7, 11) is 0. The molecule has 2 N–H and O–H groups in total. The Kier molecular flexibility index (Phi) is 17.1. The second-order valence-corrected chi connectivity index (χ2v) is 22.1. The van der Waals surface area contributed by atoms with Gasteiger partial charge in [0.05, 0.1) is 49.0 Å². The first kappa shape index (κ1) is 58.1. The van der Waals surface area contributed by atoms with Crippen LogP contribution in [0.2, 0.25) is 0 Å². The van der Waals surface area contributed by atoms with Gasteiger partial charge in [0.25, 0.3) is 0 Å². The lowest BCUT2D eigenvalue weighted by atomic mass is 9.98. The van der Waals surface area contributed by atoms with E-state index in [9.17, 15) is 0 Å². The summed E-state index contributed by atoms with van der Waals surface area (Å²) in [5.74, 6) is 39.2. The molecular weight excluding hydrogens is 1120 g/mol. The average molecular weight is 1180 g/mol. The summed E-state index contributed by atoms with van der Waals surface area (Å²) >= 11 is 0. The van der Waals surface area contributed by atoms with Crippen molar-refractivity contribution in [1.29, 1.82) is 0 Å². The maximum Gasteiger partial charge on any atom is 0.110 e. The van der Waals surface area contributed by atoms with E-state index in [1.54, 1.807) is 0 Å². The maximum atomic E-state index is 6.03. The van der Waals surface area contributed by atoms with Gasteiger partial charge >= 0.3 is 0 Å². The molecule has 8 heteroatoms. The van der Waals surface area contributed by atoms with E-state index in [0.717, 1.165) is 112 Å². The van der Waals surface area contributed by atoms with Crippen LogP contribution in [-0.4, -0.2) is 89.9 Å². The molecule has 92 heavy (non-hydrogen) atoms. The lowest BCUT2D eigenvalue weighted by Crippen LogP contribution is -2.30. The molecule has 0 fully saturated rings. The molecule has 434 valence electrons. The first-order valence-corrected chi connectivity index (χ1v) is 30.2. The highest BCUT2D eigenvalue weighted by atomic mass is 15.1. The van der Waals surface area contributed by atoms with Crippen LogP contribution in [0.1, 0.15) is 67.3 Å². The predicted molar refractivity (Wildman–Crippen MR) is 378 cm³/mol. The average Bonchev–Trinajstić information content (AvgIpc) is 3.32. The fraction of sp³-hybridized carbons (Fsp3) is 0.0952. The molecule has 6 aliphatic heterocycles. The summed E-state index contributed by atoms with van der Waals surface area (Å²) in [6.45, 7) is 1.42. The number of fused-ring (bicyclic) bond motifs is 8. The highest BCUT2D eigenvalue weighted by Crippen LogP contribution is 2.39. The zero-order chi connectivity index (χ0) is 62.6. The molecule has 13 rings (SSSR count). The number of hydrogen-bond acceptors (Lipinski definition) is 6. The minimum Gasteiger partial charge on any atom is -0.354 e. The van der Waals surface area contributed by atoms with E-state index in [-0.39, 0.29) is 24.2 Å². The standard InChI is InChI=1S/C84H58N8/c1-5-49-89-53-45-65(57-69(89)33-29-61-21-13-9-14-22-61)81-73-37-39-75(85-73)82(66-46-54-90(50-6-2)70(58-66)34-30-62-23-15-10-16-24-62)77-41-43-79(87-77)84(68-48-56-92(52-8-4)72(60-68)36-32-64-27-19-12-20-28-64)80-44-42-78(88-80)83(76-40-38-74(81)86-76)67-47-55-91(51-7-3)71(59-67)35-31-63-25-17-11-18-26-63/h1-4,9-28,37-48,53-60,69-72,85,88H,49-52H2. The van der Waals surface area contributed by atoms with Crippen molar-refractivity contribution in [3.8, 4) is 96.7 Å². The first-order chi connectivity index (χ1) is 45.4. The Labute approximate surface area is 538 Å². The van der Waals surface area contributed by atoms with E-state index in [2.05, 4.69) is 198 Å². The van der Waals surface area contributed by atoms with Crippen LogP contribution in [0.4, 0.5) is 0 Å². The van der Waals surface area contributed by atoms with Crippen molar-refractivity contribution in [2.75, 3.05) is 26.2 Å². The Morgan fingerprint density at radius 1 is 0.304 bits per heavy atom. The van der Waals surface area contributed by atoms with E-state index in [1.807, 2.05) is 146 Å². The van der Waals surface area contributed by atoms with E-state index < -0.39 is 0 Å². The molecule has 0 amide bonds. The number of aromatic nitrogens is 4. The van der Waals surface area contributed by atoms with Gasteiger partial charge in [-0.05, 0) is 168 Å². The zero-order valence-corrected chi connectivity index (χ0v) is 50.2. The van der Waals surface area contributed by atoms with Crippen LogP contribution in [0.5, 0.6) is 0 Å². The van der Waals surface area contributed by atoms with Gasteiger partial charge in [-0.15, -0.1) is 25.7 Å². The maximum absolute atomic E-state index is 6.03. The monoisotopic (exact) mass is 1180 g/mol. The van der Waals surface area contributed by atoms with Crippen molar-refractivity contribution in [2.24, 2.45) is 0 Å². The Hall–Kier alpha value is -12.9. The van der Waals surface area contributed by atoms with Crippen LogP contribution in [0, 0.1) is 96.7 Å². The molecule has 8 nitrogen and oxygen atoms in total. The summed E-state index contributed by atoms with van der Waals surface area (Å²) < 4.78 is 0. The molecule has 8 bridgehead atoms. The number of benzene rings is 4. The van der Waals surface area contributed by atoms with E-state index >= 15 is 0 Å². The third kappa shape index (κ3) is 12.7. The van der Waals surface area contributed by atoms with Gasteiger partial charge in [-0.3, -0.25) is 0 Å². The highest BCUT2D eigenvalue weighted by Gasteiger charge is 2.27. The number of rotatable bonds is 8. The predicted octanol–water partition coefficient (Wildman–Crippen LogP) is 13.7. The first-order valence-electron chi connectivity index (χ1n) is 30.2. The number of hydrogen-bond donors (Lipinski definition) is 2. The third-order valence-corrected chi connectivity index (χ3v) is 16.1. The second kappa shape index (κ2) is 27.0. The van der Waals surface area contributed by atoms with Crippen LogP contribution in [0.3, 0.4) is 0 Å². The lowest BCUT2D eigenvalue weighted by molar-refractivity contribution is 0.410. The summed E-state index contributed by atoms with van der Waals surface area (Å²) in [4.78, 5) is 27.6. The van der Waals surface area contributed by atoms with Crippen LogP contribution < -0.4 is 0 Å². The number of terminal acetylenes is 4. The van der Waals surface area contributed by atoms with Crippen LogP contribution in [-0.2, 0) is 0 Å². The van der Waals surface area contributed by atoms with E-state index in [1.165, 1.54) is 0 Å². The molecule has 9 heterocycles. The lowest BCUT2D eigenvalue weighted by Gasteiger charge is -2.27. The Morgan fingerprint density at radius 3 is 0.750 bits per heavy atom. The molecular formula is C84H58N8. The van der Waals surface area contributed by atoms with Crippen molar-refractivity contribution >= 4 is 68.7 Å². The smallest absolute Gasteiger partial charge is 0.110 e. The quantitative estimate of drug-likeness (QED) is 0.148. The van der Waals surface area contributed by atoms with Gasteiger partial charge in [0.1, 0.15) is 24.2 Å². The van der Waals surface area contributed by atoms with Crippen molar-refractivity contribution < 1.29 is 0 Å². The number of aromatic amines is 2. The minimum absolute atomic E-state index is 0.356. The molecule has 0 saturated heterocycles. The van der Waals surface area contributed by atoms with Crippen LogP contribution in [0.25, 0.3) is 68.7 Å². The molecule has 4 atom stereocenters. The van der Waals surface area contributed by atoms with Gasteiger partial charge in [0, 0.05) is 91.4 Å². The summed E-state index contributed by atoms with van der Waals surface area (Å²) in [5, 5.41) is 0.